The number of fused-ring (bicyclic) bond motifs is 1. The third-order valence-corrected chi connectivity index (χ3v) is 5.56. The van der Waals surface area contributed by atoms with Gasteiger partial charge >= 0.3 is 0 Å². The Kier molecular flexibility index (Phi) is 3.72. The van der Waals surface area contributed by atoms with E-state index in [1.165, 1.54) is 15.0 Å². The van der Waals surface area contributed by atoms with Crippen molar-refractivity contribution in [2.75, 3.05) is 0 Å². The molecule has 2 heterocycles. The summed E-state index contributed by atoms with van der Waals surface area (Å²) in [7, 11) is 0. The van der Waals surface area contributed by atoms with Gasteiger partial charge in [0.1, 0.15) is 0 Å². The van der Waals surface area contributed by atoms with Crippen molar-refractivity contribution in [3.05, 3.63) is 57.8 Å². The molecule has 2 aromatic heterocycles. The van der Waals surface area contributed by atoms with E-state index in [9.17, 15) is 4.79 Å². The predicted octanol–water partition coefficient (Wildman–Crippen LogP) is 5.51. The minimum atomic E-state index is 0.218. The second-order valence-electron chi connectivity index (χ2n) is 5.26. The highest BCUT2D eigenvalue weighted by Gasteiger charge is 2.12. The molecule has 3 aromatic rings. The first-order valence-electron chi connectivity index (χ1n) is 6.72. The highest BCUT2D eigenvalue weighted by Crippen LogP contribution is 2.30. The first-order valence-corrected chi connectivity index (χ1v) is 8.42. The van der Waals surface area contributed by atoms with Crippen LogP contribution in [0.1, 0.15) is 40.6 Å². The number of Topliss-reactive ketones (excluding diaryl/α,β-unsaturated/α-hetero) is 1. The molecule has 0 N–H and O–H groups in total. The zero-order chi connectivity index (χ0) is 14.1. The van der Waals surface area contributed by atoms with E-state index in [0.717, 1.165) is 10.4 Å². The lowest BCUT2D eigenvalue weighted by Crippen LogP contribution is -2.01. The van der Waals surface area contributed by atoms with Gasteiger partial charge in [0.05, 0.1) is 4.88 Å². The van der Waals surface area contributed by atoms with Gasteiger partial charge in [-0.2, -0.15) is 0 Å². The van der Waals surface area contributed by atoms with Crippen LogP contribution in [0, 0.1) is 0 Å². The number of hydrogen-bond acceptors (Lipinski definition) is 3. The average Bonchev–Trinajstić information content (AvgIpc) is 2.99. The molecule has 0 bridgehead atoms. The van der Waals surface area contributed by atoms with E-state index in [4.69, 9.17) is 0 Å². The molecule has 0 amide bonds. The van der Waals surface area contributed by atoms with Crippen molar-refractivity contribution in [3.8, 4) is 0 Å². The van der Waals surface area contributed by atoms with Gasteiger partial charge in [-0.15, -0.1) is 22.7 Å². The lowest BCUT2D eigenvalue weighted by atomic mass is 10.00. The molecule has 0 aliphatic carbocycles. The molecule has 0 saturated heterocycles. The topological polar surface area (TPSA) is 17.1 Å². The monoisotopic (exact) mass is 300 g/mol. The van der Waals surface area contributed by atoms with Crippen LogP contribution in [0.3, 0.4) is 0 Å². The summed E-state index contributed by atoms with van der Waals surface area (Å²) in [4.78, 5) is 13.2. The maximum atomic E-state index is 12.3. The van der Waals surface area contributed by atoms with E-state index in [-0.39, 0.29) is 5.78 Å². The van der Waals surface area contributed by atoms with Crippen LogP contribution < -0.4 is 0 Å². The zero-order valence-corrected chi connectivity index (χ0v) is 13.2. The number of hydrogen-bond donors (Lipinski definition) is 0. The molecule has 0 atom stereocenters. The molecule has 1 nitrogen and oxygen atoms in total. The van der Waals surface area contributed by atoms with E-state index >= 15 is 0 Å². The van der Waals surface area contributed by atoms with Gasteiger partial charge in [0.25, 0.3) is 0 Å². The van der Waals surface area contributed by atoms with Gasteiger partial charge in [-0.05, 0) is 34.6 Å². The normalized spacial score (nSPS) is 11.3. The summed E-state index contributed by atoms with van der Waals surface area (Å²) in [6, 6.07) is 12.5. The van der Waals surface area contributed by atoms with Gasteiger partial charge in [0.15, 0.2) is 5.78 Å². The summed E-state index contributed by atoms with van der Waals surface area (Å²) >= 11 is 3.30. The number of carbonyl (C=O) groups excluding carboxylic acids is 1. The van der Waals surface area contributed by atoms with Gasteiger partial charge in [-0.1, -0.05) is 38.1 Å². The minimum absolute atomic E-state index is 0.218. The summed E-state index contributed by atoms with van der Waals surface area (Å²) in [5.41, 5.74) is 2.41. The van der Waals surface area contributed by atoms with Gasteiger partial charge in [-0.25, -0.2) is 0 Å². The zero-order valence-electron chi connectivity index (χ0n) is 11.6. The van der Waals surface area contributed by atoms with E-state index in [2.05, 4.69) is 49.6 Å². The first-order chi connectivity index (χ1) is 9.63. The van der Waals surface area contributed by atoms with Crippen LogP contribution in [0.15, 0.2) is 41.8 Å². The number of rotatable bonds is 4. The number of benzene rings is 1. The molecule has 0 spiro atoms. The largest absolute Gasteiger partial charge is 0.293 e. The SMILES string of the molecule is CC(C)c1ccc(CC(=O)c2cc3sccc3s2)cc1. The Morgan fingerprint density at radius 1 is 1.10 bits per heavy atom. The van der Waals surface area contributed by atoms with Crippen molar-refractivity contribution in [3.63, 3.8) is 0 Å². The van der Waals surface area contributed by atoms with E-state index in [0.29, 0.717) is 12.3 Å². The van der Waals surface area contributed by atoms with Crippen molar-refractivity contribution in [1.82, 2.24) is 0 Å². The van der Waals surface area contributed by atoms with Gasteiger partial charge in [0, 0.05) is 15.8 Å². The third-order valence-electron chi connectivity index (χ3n) is 3.43. The summed E-state index contributed by atoms with van der Waals surface area (Å²) < 4.78 is 2.43. The van der Waals surface area contributed by atoms with Crippen LogP contribution in [-0.4, -0.2) is 5.78 Å². The van der Waals surface area contributed by atoms with Gasteiger partial charge < -0.3 is 0 Å². The van der Waals surface area contributed by atoms with Crippen LogP contribution in [0.2, 0.25) is 0 Å². The van der Waals surface area contributed by atoms with Crippen LogP contribution in [-0.2, 0) is 6.42 Å². The minimum Gasteiger partial charge on any atom is -0.293 e. The molecule has 20 heavy (non-hydrogen) atoms. The highest BCUT2D eigenvalue weighted by molar-refractivity contribution is 7.27. The summed E-state index contributed by atoms with van der Waals surface area (Å²) in [6.07, 6.45) is 0.492. The van der Waals surface area contributed by atoms with Gasteiger partial charge in [-0.3, -0.25) is 4.79 Å². The number of carbonyl (C=O) groups is 1. The quantitative estimate of drug-likeness (QED) is 0.580. The molecule has 0 aliphatic rings. The molecular weight excluding hydrogens is 284 g/mol. The van der Waals surface area contributed by atoms with Crippen LogP contribution in [0.25, 0.3) is 9.40 Å². The smallest absolute Gasteiger partial charge is 0.177 e. The van der Waals surface area contributed by atoms with Crippen molar-refractivity contribution < 1.29 is 4.79 Å². The Labute approximate surface area is 126 Å². The predicted molar refractivity (Wildman–Crippen MR) is 88.3 cm³/mol. The van der Waals surface area contributed by atoms with Crippen LogP contribution >= 0.6 is 22.7 Å². The second-order valence-corrected chi connectivity index (χ2v) is 7.29. The summed E-state index contributed by atoms with van der Waals surface area (Å²) in [6.45, 7) is 4.36. The summed E-state index contributed by atoms with van der Waals surface area (Å²) in [5.74, 6) is 0.750. The molecule has 3 heteroatoms. The Morgan fingerprint density at radius 3 is 2.50 bits per heavy atom. The third kappa shape index (κ3) is 2.69. The molecule has 102 valence electrons. The van der Waals surface area contributed by atoms with Crippen molar-refractivity contribution in [2.45, 2.75) is 26.2 Å². The second kappa shape index (κ2) is 5.51. The van der Waals surface area contributed by atoms with Crippen molar-refractivity contribution in [2.24, 2.45) is 0 Å². The van der Waals surface area contributed by atoms with Gasteiger partial charge in [0.2, 0.25) is 0 Å². The van der Waals surface area contributed by atoms with Crippen LogP contribution in [0.4, 0.5) is 0 Å². The standard InChI is InChI=1S/C17H16OS2/c1-11(2)13-5-3-12(4-6-13)9-14(18)16-10-17-15(20-16)7-8-19-17/h3-8,10-11H,9H2,1-2H3. The lowest BCUT2D eigenvalue weighted by molar-refractivity contribution is 0.0997. The molecule has 0 aliphatic heterocycles. The van der Waals surface area contributed by atoms with Crippen molar-refractivity contribution >= 4 is 37.9 Å². The van der Waals surface area contributed by atoms with Crippen LogP contribution in [0.5, 0.6) is 0 Å². The maximum absolute atomic E-state index is 12.3. The van der Waals surface area contributed by atoms with Crippen molar-refractivity contribution in [1.29, 1.82) is 0 Å². The van der Waals surface area contributed by atoms with E-state index < -0.39 is 0 Å². The molecular formula is C17H16OS2. The Bertz CT molecular complexity index is 703. The molecule has 0 unspecified atom stereocenters. The summed E-state index contributed by atoms with van der Waals surface area (Å²) in [5, 5.41) is 2.07. The maximum Gasteiger partial charge on any atom is 0.177 e. The number of ketones is 1. The fourth-order valence-corrected chi connectivity index (χ4v) is 4.24. The Balaban J connectivity index is 1.76. The molecule has 0 fully saturated rings. The molecule has 1 aromatic carbocycles. The number of thiophene rings is 2. The Hall–Kier alpha value is -1.45. The molecule has 0 radical (unpaired) electrons. The fourth-order valence-electron chi connectivity index (χ4n) is 2.20. The van der Waals surface area contributed by atoms with E-state index in [1.807, 2.05) is 6.07 Å². The highest BCUT2D eigenvalue weighted by atomic mass is 32.1. The molecule has 3 rings (SSSR count). The average molecular weight is 300 g/mol. The lowest BCUT2D eigenvalue weighted by Gasteiger charge is -2.06. The fraction of sp³-hybridized carbons (Fsp3) is 0.235. The van der Waals surface area contributed by atoms with E-state index in [1.54, 1.807) is 22.7 Å². The molecule has 0 saturated carbocycles. The Morgan fingerprint density at radius 2 is 1.85 bits per heavy atom. The first kappa shape index (κ1) is 13.5.